The van der Waals surface area contributed by atoms with Gasteiger partial charge >= 0.3 is 0 Å². The van der Waals surface area contributed by atoms with Crippen molar-refractivity contribution in [1.29, 1.82) is 0 Å². The molecular weight excluding hydrogens is 677 g/mol. The first-order chi connectivity index (χ1) is 27.5. The lowest BCUT2D eigenvalue weighted by Crippen LogP contribution is -2.15. The third-order valence-corrected chi connectivity index (χ3v) is 12.6. The van der Waals surface area contributed by atoms with Gasteiger partial charge in [-0.3, -0.25) is 0 Å². The van der Waals surface area contributed by atoms with Crippen LogP contribution in [0.5, 0.6) is 0 Å². The molecular formula is C55H36O. The summed E-state index contributed by atoms with van der Waals surface area (Å²) in [6.45, 7) is 4.76. The van der Waals surface area contributed by atoms with Gasteiger partial charge in [0.05, 0.1) is 0 Å². The second-order valence-electron chi connectivity index (χ2n) is 16.0. The Balaban J connectivity index is 1.02. The van der Waals surface area contributed by atoms with E-state index in [1.165, 1.54) is 109 Å². The molecule has 11 aromatic rings. The van der Waals surface area contributed by atoms with E-state index in [1.54, 1.807) is 0 Å². The molecule has 1 heterocycles. The minimum absolute atomic E-state index is 0.189. The highest BCUT2D eigenvalue weighted by atomic mass is 16.3. The Morgan fingerprint density at radius 3 is 1.52 bits per heavy atom. The van der Waals surface area contributed by atoms with Gasteiger partial charge in [0.25, 0.3) is 0 Å². The van der Waals surface area contributed by atoms with E-state index in [-0.39, 0.29) is 5.41 Å². The van der Waals surface area contributed by atoms with Gasteiger partial charge in [0.2, 0.25) is 0 Å². The maximum absolute atomic E-state index is 6.62. The Bertz CT molecular complexity index is 3380. The van der Waals surface area contributed by atoms with Crippen LogP contribution in [0.15, 0.2) is 186 Å². The Kier molecular flexibility index (Phi) is 6.46. The summed E-state index contributed by atoms with van der Waals surface area (Å²) in [6.07, 6.45) is 0. The van der Waals surface area contributed by atoms with Crippen molar-refractivity contribution in [1.82, 2.24) is 0 Å². The highest BCUT2D eigenvalue weighted by Crippen LogP contribution is 2.57. The number of benzene rings is 10. The Morgan fingerprint density at radius 2 is 0.857 bits per heavy atom. The zero-order valence-corrected chi connectivity index (χ0v) is 31.2. The van der Waals surface area contributed by atoms with Gasteiger partial charge < -0.3 is 4.42 Å². The van der Waals surface area contributed by atoms with Crippen molar-refractivity contribution < 1.29 is 4.42 Å². The lowest BCUT2D eigenvalue weighted by atomic mass is 9.79. The minimum Gasteiger partial charge on any atom is -0.455 e. The molecule has 0 radical (unpaired) electrons. The van der Waals surface area contributed by atoms with Crippen molar-refractivity contribution in [2.75, 3.05) is 0 Å². The van der Waals surface area contributed by atoms with Crippen molar-refractivity contribution in [2.24, 2.45) is 0 Å². The second-order valence-corrected chi connectivity index (χ2v) is 16.0. The lowest BCUT2D eigenvalue weighted by molar-refractivity contribution is 0.659. The second kappa shape index (κ2) is 11.5. The van der Waals surface area contributed by atoms with E-state index < -0.39 is 0 Å². The average Bonchev–Trinajstić information content (AvgIpc) is 3.75. The summed E-state index contributed by atoms with van der Waals surface area (Å²) in [6, 6.07) is 67.0. The Hall–Kier alpha value is -6.96. The van der Waals surface area contributed by atoms with Gasteiger partial charge in [-0.1, -0.05) is 172 Å². The largest absolute Gasteiger partial charge is 0.455 e. The maximum Gasteiger partial charge on any atom is 0.143 e. The maximum atomic E-state index is 6.62. The van der Waals surface area contributed by atoms with Crippen molar-refractivity contribution in [3.05, 3.63) is 193 Å². The fraction of sp³-hybridized carbons (Fsp3) is 0.0545. The van der Waals surface area contributed by atoms with E-state index in [4.69, 9.17) is 4.42 Å². The van der Waals surface area contributed by atoms with Crippen LogP contribution in [0.25, 0.3) is 110 Å². The molecule has 56 heavy (non-hydrogen) atoms. The van der Waals surface area contributed by atoms with Crippen LogP contribution < -0.4 is 0 Å². The number of rotatable bonds is 3. The van der Waals surface area contributed by atoms with Crippen LogP contribution >= 0.6 is 0 Å². The van der Waals surface area contributed by atoms with E-state index in [9.17, 15) is 0 Å². The molecule has 0 bridgehead atoms. The number of furan rings is 1. The standard InChI is InChI=1S/C55H36O/c1-55(2)47-29-28-37(32-46(47)51-43-20-10-11-21-44(43)54-52(53(51)55)45-22-12-13-23-48(45)56-54)35-24-25-36-31-38(27-26-34(36)30-35)50-41-18-8-6-16-39(41)49(33-14-4-3-5-15-33)40-17-7-9-19-42(40)50/h3-32H,1-2H3. The van der Waals surface area contributed by atoms with E-state index in [1.807, 2.05) is 0 Å². The SMILES string of the molecule is CC1(C)c2ccc(-c3ccc4cc(-c5c6ccccc6c(-c6ccccc6)c6ccccc56)ccc4c3)cc2-c2c1c1c3ccccc3oc1c1ccccc21. The molecule has 0 fully saturated rings. The molecule has 1 nitrogen and oxygen atoms in total. The Labute approximate surface area is 325 Å². The van der Waals surface area contributed by atoms with Crippen molar-refractivity contribution in [3.63, 3.8) is 0 Å². The molecule has 0 atom stereocenters. The fourth-order valence-electron chi connectivity index (χ4n) is 10.1. The first-order valence-corrected chi connectivity index (χ1v) is 19.6. The molecule has 1 aromatic heterocycles. The molecule has 0 saturated carbocycles. The molecule has 262 valence electrons. The molecule has 0 N–H and O–H groups in total. The van der Waals surface area contributed by atoms with E-state index in [0.29, 0.717) is 0 Å². The van der Waals surface area contributed by atoms with Crippen molar-refractivity contribution in [2.45, 2.75) is 19.3 Å². The van der Waals surface area contributed by atoms with Crippen LogP contribution in [0.2, 0.25) is 0 Å². The molecule has 10 aromatic carbocycles. The van der Waals surface area contributed by atoms with Crippen LogP contribution in [-0.4, -0.2) is 0 Å². The van der Waals surface area contributed by atoms with Gasteiger partial charge in [0, 0.05) is 21.6 Å². The minimum atomic E-state index is -0.189. The van der Waals surface area contributed by atoms with Gasteiger partial charge in [-0.05, 0) is 118 Å². The van der Waals surface area contributed by atoms with Gasteiger partial charge in [-0.15, -0.1) is 0 Å². The zero-order chi connectivity index (χ0) is 37.1. The van der Waals surface area contributed by atoms with Crippen LogP contribution in [0.3, 0.4) is 0 Å². The molecule has 1 aliphatic rings. The number of fused-ring (bicyclic) bond motifs is 13. The first-order valence-electron chi connectivity index (χ1n) is 19.6. The van der Waals surface area contributed by atoms with Crippen LogP contribution in [0.4, 0.5) is 0 Å². The van der Waals surface area contributed by atoms with E-state index in [2.05, 4.69) is 196 Å². The number of para-hydroxylation sites is 1. The third-order valence-electron chi connectivity index (χ3n) is 12.6. The van der Waals surface area contributed by atoms with Crippen LogP contribution in [-0.2, 0) is 5.41 Å². The topological polar surface area (TPSA) is 13.1 Å². The molecule has 0 aliphatic heterocycles. The Morgan fingerprint density at radius 1 is 0.375 bits per heavy atom. The summed E-state index contributed by atoms with van der Waals surface area (Å²) < 4.78 is 6.62. The summed E-state index contributed by atoms with van der Waals surface area (Å²) in [5.74, 6) is 0. The van der Waals surface area contributed by atoms with Crippen LogP contribution in [0.1, 0.15) is 25.0 Å². The molecule has 12 rings (SSSR count). The van der Waals surface area contributed by atoms with Gasteiger partial charge in [0.1, 0.15) is 11.2 Å². The number of hydrogen-bond acceptors (Lipinski definition) is 1. The summed E-state index contributed by atoms with van der Waals surface area (Å²) in [7, 11) is 0. The van der Waals surface area contributed by atoms with Crippen molar-refractivity contribution in [3.8, 4) is 44.5 Å². The monoisotopic (exact) mass is 712 g/mol. The summed E-state index contributed by atoms with van der Waals surface area (Å²) in [5.41, 5.74) is 14.6. The summed E-state index contributed by atoms with van der Waals surface area (Å²) in [4.78, 5) is 0. The lowest BCUT2D eigenvalue weighted by Gasteiger charge is -2.23. The molecule has 0 spiro atoms. The van der Waals surface area contributed by atoms with E-state index >= 15 is 0 Å². The first kappa shape index (κ1) is 31.4. The quantitative estimate of drug-likeness (QED) is 0.166. The molecule has 0 amide bonds. The summed E-state index contributed by atoms with van der Waals surface area (Å²) in [5, 5.41) is 12.4. The summed E-state index contributed by atoms with van der Waals surface area (Å²) >= 11 is 0. The predicted molar refractivity (Wildman–Crippen MR) is 238 cm³/mol. The highest BCUT2D eigenvalue weighted by molar-refractivity contribution is 6.24. The van der Waals surface area contributed by atoms with Crippen molar-refractivity contribution >= 4 is 65.0 Å². The third kappa shape index (κ3) is 4.31. The smallest absolute Gasteiger partial charge is 0.143 e. The molecule has 1 heteroatoms. The van der Waals surface area contributed by atoms with Gasteiger partial charge in [-0.25, -0.2) is 0 Å². The number of hydrogen-bond donors (Lipinski definition) is 0. The fourth-order valence-corrected chi connectivity index (χ4v) is 10.1. The molecule has 0 unspecified atom stereocenters. The normalized spacial score (nSPS) is 13.3. The van der Waals surface area contributed by atoms with E-state index in [0.717, 1.165) is 11.2 Å². The molecule has 1 aliphatic carbocycles. The van der Waals surface area contributed by atoms with Gasteiger partial charge in [-0.2, -0.15) is 0 Å². The predicted octanol–water partition coefficient (Wildman–Crippen LogP) is 15.5. The van der Waals surface area contributed by atoms with Gasteiger partial charge in [0.15, 0.2) is 0 Å². The highest BCUT2D eigenvalue weighted by Gasteiger charge is 2.40. The average molecular weight is 713 g/mol. The zero-order valence-electron chi connectivity index (χ0n) is 31.2. The molecule has 0 saturated heterocycles. The van der Waals surface area contributed by atoms with Crippen LogP contribution in [0, 0.1) is 0 Å².